The predicted octanol–water partition coefficient (Wildman–Crippen LogP) is 0.862. The molecule has 4 aliphatic rings. The van der Waals surface area contributed by atoms with E-state index in [9.17, 15) is 14.4 Å². The summed E-state index contributed by atoms with van der Waals surface area (Å²) in [5.74, 6) is -1.42. The van der Waals surface area contributed by atoms with E-state index in [-0.39, 0.29) is 47.9 Å². The standard InChI is InChI=1S/C18H23NO6/c1-8(2)16(20)19-11-6-4-3-5-9(11)17(21)24-14-12-7-10-13(23-12)15(14)25-18(10)22/h9-15H,1,3-7H2,2H3,(H,19,20). The Hall–Kier alpha value is -1.89. The molecule has 0 aromatic heterocycles. The van der Waals surface area contributed by atoms with Crippen LogP contribution in [0.5, 0.6) is 0 Å². The quantitative estimate of drug-likeness (QED) is 0.598. The van der Waals surface area contributed by atoms with E-state index in [1.54, 1.807) is 6.92 Å². The van der Waals surface area contributed by atoms with Gasteiger partial charge in [-0.2, -0.15) is 0 Å². The minimum absolute atomic E-state index is 0.206. The molecule has 1 aliphatic carbocycles. The minimum Gasteiger partial charge on any atom is -0.455 e. The van der Waals surface area contributed by atoms with Crippen molar-refractivity contribution in [2.24, 2.45) is 11.8 Å². The Morgan fingerprint density at radius 3 is 2.76 bits per heavy atom. The molecule has 2 bridgehead atoms. The maximum absolute atomic E-state index is 12.8. The lowest BCUT2D eigenvalue weighted by Crippen LogP contribution is -2.48. The molecule has 0 aromatic rings. The van der Waals surface area contributed by atoms with Gasteiger partial charge in [0.05, 0.1) is 17.9 Å². The molecule has 7 unspecified atom stereocenters. The normalized spacial score (nSPS) is 41.3. The summed E-state index contributed by atoms with van der Waals surface area (Å²) < 4.78 is 16.8. The molecule has 0 aromatic carbocycles. The van der Waals surface area contributed by atoms with Crippen molar-refractivity contribution in [1.82, 2.24) is 5.32 Å². The van der Waals surface area contributed by atoms with E-state index in [4.69, 9.17) is 14.2 Å². The number of hydrogen-bond donors (Lipinski definition) is 1. The van der Waals surface area contributed by atoms with Gasteiger partial charge in [0, 0.05) is 11.6 Å². The Morgan fingerprint density at radius 2 is 2.00 bits per heavy atom. The van der Waals surface area contributed by atoms with Gasteiger partial charge in [-0.25, -0.2) is 0 Å². The zero-order valence-corrected chi connectivity index (χ0v) is 14.2. The second-order valence-corrected chi connectivity index (χ2v) is 7.54. The Labute approximate surface area is 146 Å². The maximum atomic E-state index is 12.8. The first-order valence-electron chi connectivity index (χ1n) is 8.98. The molecular weight excluding hydrogens is 326 g/mol. The summed E-state index contributed by atoms with van der Waals surface area (Å²) in [5.41, 5.74) is 0.420. The Balaban J connectivity index is 1.42. The van der Waals surface area contributed by atoms with Gasteiger partial charge in [-0.1, -0.05) is 19.4 Å². The number of carbonyl (C=O) groups is 3. The van der Waals surface area contributed by atoms with Crippen LogP contribution >= 0.6 is 0 Å². The first-order chi connectivity index (χ1) is 12.0. The van der Waals surface area contributed by atoms with E-state index >= 15 is 0 Å². The first-order valence-corrected chi connectivity index (χ1v) is 8.98. The van der Waals surface area contributed by atoms with Crippen LogP contribution in [-0.4, -0.2) is 48.3 Å². The number of carbonyl (C=O) groups excluding carboxylic acids is 3. The molecule has 3 aliphatic heterocycles. The smallest absolute Gasteiger partial charge is 0.312 e. The molecule has 4 rings (SSSR count). The topological polar surface area (TPSA) is 90.9 Å². The second-order valence-electron chi connectivity index (χ2n) is 7.54. The summed E-state index contributed by atoms with van der Waals surface area (Å²) in [7, 11) is 0. The molecule has 1 N–H and O–H groups in total. The van der Waals surface area contributed by atoms with E-state index in [1.807, 2.05) is 0 Å². The van der Waals surface area contributed by atoms with Crippen molar-refractivity contribution in [3.8, 4) is 0 Å². The number of rotatable bonds is 4. The van der Waals surface area contributed by atoms with E-state index in [0.717, 1.165) is 19.3 Å². The molecule has 0 radical (unpaired) electrons. The third kappa shape index (κ3) is 2.74. The van der Waals surface area contributed by atoms with Gasteiger partial charge in [0.15, 0.2) is 12.2 Å². The maximum Gasteiger partial charge on any atom is 0.312 e. The largest absolute Gasteiger partial charge is 0.455 e. The second kappa shape index (κ2) is 6.12. The molecule has 25 heavy (non-hydrogen) atoms. The van der Waals surface area contributed by atoms with Gasteiger partial charge in [0.25, 0.3) is 0 Å². The molecule has 4 fully saturated rings. The van der Waals surface area contributed by atoms with Crippen molar-refractivity contribution < 1.29 is 28.6 Å². The number of hydrogen-bond acceptors (Lipinski definition) is 6. The van der Waals surface area contributed by atoms with Crippen molar-refractivity contribution in [3.63, 3.8) is 0 Å². The van der Waals surface area contributed by atoms with Crippen LogP contribution in [0.4, 0.5) is 0 Å². The number of ether oxygens (including phenoxy) is 3. The SMILES string of the molecule is C=C(C)C(=O)NC1CCCCC1C(=O)OC1C2CC3C(=O)OC1C3O2. The van der Waals surface area contributed by atoms with E-state index in [1.165, 1.54) is 0 Å². The lowest BCUT2D eigenvalue weighted by Gasteiger charge is -2.32. The molecule has 3 heterocycles. The van der Waals surface area contributed by atoms with Crippen LogP contribution in [0.1, 0.15) is 39.0 Å². The molecule has 0 spiro atoms. The van der Waals surface area contributed by atoms with Crippen molar-refractivity contribution in [3.05, 3.63) is 12.2 Å². The van der Waals surface area contributed by atoms with Crippen LogP contribution < -0.4 is 5.32 Å². The zero-order valence-electron chi connectivity index (χ0n) is 14.2. The molecule has 3 saturated heterocycles. The van der Waals surface area contributed by atoms with Gasteiger partial charge in [-0.15, -0.1) is 0 Å². The third-order valence-corrected chi connectivity index (χ3v) is 5.81. The summed E-state index contributed by atoms with van der Waals surface area (Å²) in [6.45, 7) is 5.28. The van der Waals surface area contributed by atoms with Crippen molar-refractivity contribution in [2.75, 3.05) is 0 Å². The van der Waals surface area contributed by atoms with Crippen molar-refractivity contribution in [2.45, 2.75) is 69.5 Å². The lowest BCUT2D eigenvalue weighted by molar-refractivity contribution is -0.166. The highest BCUT2D eigenvalue weighted by molar-refractivity contribution is 5.92. The fourth-order valence-corrected chi connectivity index (χ4v) is 4.48. The Kier molecular flexibility index (Phi) is 4.06. The summed E-state index contributed by atoms with van der Waals surface area (Å²) >= 11 is 0. The van der Waals surface area contributed by atoms with Crippen LogP contribution in [0, 0.1) is 11.8 Å². The monoisotopic (exact) mass is 349 g/mol. The summed E-state index contributed by atoms with van der Waals surface area (Å²) in [5, 5.41) is 2.89. The minimum atomic E-state index is -0.528. The number of esters is 2. The predicted molar refractivity (Wildman–Crippen MR) is 85.2 cm³/mol. The Morgan fingerprint density at radius 1 is 1.24 bits per heavy atom. The van der Waals surface area contributed by atoms with E-state index in [2.05, 4.69) is 11.9 Å². The first kappa shape index (κ1) is 16.6. The van der Waals surface area contributed by atoms with E-state index < -0.39 is 12.2 Å². The highest BCUT2D eigenvalue weighted by Gasteiger charge is 2.65. The fraction of sp³-hybridized carbons (Fsp3) is 0.722. The zero-order chi connectivity index (χ0) is 17.7. The van der Waals surface area contributed by atoms with Gasteiger partial charge in [-0.3, -0.25) is 14.4 Å². The molecular formula is C18H23NO6. The van der Waals surface area contributed by atoms with Gasteiger partial charge in [-0.05, 0) is 26.2 Å². The summed E-state index contributed by atoms with van der Waals surface area (Å²) in [6.07, 6.45) is 2.31. The highest BCUT2D eigenvalue weighted by Crippen LogP contribution is 2.47. The molecule has 7 atom stereocenters. The van der Waals surface area contributed by atoms with Crippen molar-refractivity contribution in [1.29, 1.82) is 0 Å². The van der Waals surface area contributed by atoms with E-state index in [0.29, 0.717) is 18.4 Å². The van der Waals surface area contributed by atoms with Crippen LogP contribution in [0.15, 0.2) is 12.2 Å². The summed E-state index contributed by atoms with van der Waals surface area (Å²) in [4.78, 5) is 36.4. The number of fused-ring (bicyclic) bond motifs is 1. The molecule has 136 valence electrons. The van der Waals surface area contributed by atoms with Gasteiger partial charge in [0.2, 0.25) is 5.91 Å². The summed E-state index contributed by atoms with van der Waals surface area (Å²) in [6, 6.07) is -0.246. The average Bonchev–Trinajstić information content (AvgIpc) is 3.20. The number of amides is 1. The van der Waals surface area contributed by atoms with Gasteiger partial charge in [0.1, 0.15) is 6.10 Å². The lowest BCUT2D eigenvalue weighted by atomic mass is 9.84. The molecule has 1 amide bonds. The van der Waals surface area contributed by atoms with Crippen LogP contribution in [0.25, 0.3) is 0 Å². The molecule has 7 heteroatoms. The third-order valence-electron chi connectivity index (χ3n) is 5.81. The highest BCUT2D eigenvalue weighted by atomic mass is 16.7. The Bertz CT molecular complexity index is 631. The fourth-order valence-electron chi connectivity index (χ4n) is 4.48. The average molecular weight is 349 g/mol. The molecule has 7 nitrogen and oxygen atoms in total. The van der Waals surface area contributed by atoms with Crippen LogP contribution in [-0.2, 0) is 28.6 Å². The van der Waals surface area contributed by atoms with Crippen LogP contribution in [0.2, 0.25) is 0 Å². The number of nitrogens with one attached hydrogen (secondary N) is 1. The van der Waals surface area contributed by atoms with Gasteiger partial charge >= 0.3 is 11.9 Å². The van der Waals surface area contributed by atoms with Crippen molar-refractivity contribution >= 4 is 17.8 Å². The van der Waals surface area contributed by atoms with Crippen LogP contribution in [0.3, 0.4) is 0 Å². The van der Waals surface area contributed by atoms with Gasteiger partial charge < -0.3 is 19.5 Å². The molecule has 1 saturated carbocycles.